The molecule has 19 heavy (non-hydrogen) atoms. The van der Waals surface area contributed by atoms with E-state index in [1.165, 1.54) is 12.5 Å². The van der Waals surface area contributed by atoms with Crippen LogP contribution in [-0.4, -0.2) is 16.9 Å². The van der Waals surface area contributed by atoms with E-state index >= 15 is 0 Å². The van der Waals surface area contributed by atoms with Crippen molar-refractivity contribution < 1.29 is 14.1 Å². The quantitative estimate of drug-likeness (QED) is 0.672. The average Bonchev–Trinajstić information content (AvgIpc) is 2.25. The van der Waals surface area contributed by atoms with Crippen LogP contribution >= 0.6 is 0 Å². The third-order valence-corrected chi connectivity index (χ3v) is 3.62. The molecule has 1 aromatic carbocycles. The molecule has 5 nitrogen and oxygen atoms in total. The number of halogens is 1. The van der Waals surface area contributed by atoms with Gasteiger partial charge in [-0.15, -0.1) is 0 Å². The van der Waals surface area contributed by atoms with Crippen LogP contribution in [0.2, 0.25) is 0 Å². The summed E-state index contributed by atoms with van der Waals surface area (Å²) in [6.45, 7) is 1.92. The molecule has 1 aliphatic rings. The SMILES string of the molecule is CC(NC(=O)c1ccc([N+](=O)[O-])c(F)c1)C1CCC1. The van der Waals surface area contributed by atoms with Crippen LogP contribution in [0.15, 0.2) is 18.2 Å². The van der Waals surface area contributed by atoms with E-state index in [4.69, 9.17) is 0 Å². The number of rotatable bonds is 4. The summed E-state index contributed by atoms with van der Waals surface area (Å²) in [5.74, 6) is -0.908. The first-order chi connectivity index (χ1) is 8.99. The summed E-state index contributed by atoms with van der Waals surface area (Å²) in [4.78, 5) is 21.6. The number of benzene rings is 1. The molecule has 1 atom stereocenters. The largest absolute Gasteiger partial charge is 0.349 e. The highest BCUT2D eigenvalue weighted by Crippen LogP contribution is 2.29. The Balaban J connectivity index is 2.06. The summed E-state index contributed by atoms with van der Waals surface area (Å²) in [5.41, 5.74) is -0.516. The lowest BCUT2D eigenvalue weighted by Gasteiger charge is -2.31. The molecule has 0 radical (unpaired) electrons. The Labute approximate surface area is 110 Å². The predicted octanol–water partition coefficient (Wildman–Crippen LogP) is 2.65. The molecular formula is C13H15FN2O3. The van der Waals surface area contributed by atoms with Crippen molar-refractivity contribution in [2.75, 3.05) is 0 Å². The molecule has 0 heterocycles. The number of carbonyl (C=O) groups is 1. The maximum Gasteiger partial charge on any atom is 0.304 e. The van der Waals surface area contributed by atoms with E-state index < -0.39 is 22.3 Å². The van der Waals surface area contributed by atoms with E-state index in [1.54, 1.807) is 0 Å². The van der Waals surface area contributed by atoms with Crippen molar-refractivity contribution in [1.82, 2.24) is 5.32 Å². The molecule has 6 heteroatoms. The van der Waals surface area contributed by atoms with Crippen molar-refractivity contribution in [3.05, 3.63) is 39.7 Å². The van der Waals surface area contributed by atoms with Gasteiger partial charge in [-0.1, -0.05) is 6.42 Å². The highest BCUT2D eigenvalue weighted by molar-refractivity contribution is 5.94. The number of amides is 1. The van der Waals surface area contributed by atoms with Crippen molar-refractivity contribution in [3.63, 3.8) is 0 Å². The van der Waals surface area contributed by atoms with Gasteiger partial charge < -0.3 is 5.32 Å². The van der Waals surface area contributed by atoms with Gasteiger partial charge >= 0.3 is 5.69 Å². The van der Waals surface area contributed by atoms with Crippen LogP contribution in [0.4, 0.5) is 10.1 Å². The van der Waals surface area contributed by atoms with E-state index in [0.29, 0.717) is 5.92 Å². The van der Waals surface area contributed by atoms with Gasteiger partial charge in [0.25, 0.3) is 5.91 Å². The zero-order chi connectivity index (χ0) is 14.0. The molecule has 1 amide bonds. The maximum atomic E-state index is 13.4. The van der Waals surface area contributed by atoms with Gasteiger partial charge in [-0.3, -0.25) is 14.9 Å². The zero-order valence-electron chi connectivity index (χ0n) is 10.6. The molecule has 1 aromatic rings. The van der Waals surface area contributed by atoms with Gasteiger partial charge in [-0.05, 0) is 37.8 Å². The lowest BCUT2D eigenvalue weighted by Crippen LogP contribution is -2.40. The Morgan fingerprint density at radius 3 is 2.68 bits per heavy atom. The van der Waals surface area contributed by atoms with E-state index in [0.717, 1.165) is 25.0 Å². The van der Waals surface area contributed by atoms with Gasteiger partial charge in [0.05, 0.1) is 4.92 Å². The first-order valence-electron chi connectivity index (χ1n) is 6.24. The number of nitro groups is 1. The standard InChI is InChI=1S/C13H15FN2O3/c1-8(9-3-2-4-9)15-13(17)10-5-6-12(16(18)19)11(14)7-10/h5-9H,2-4H2,1H3,(H,15,17). The van der Waals surface area contributed by atoms with E-state index in [1.807, 2.05) is 6.92 Å². The molecule has 0 bridgehead atoms. The molecule has 0 aromatic heterocycles. The van der Waals surface area contributed by atoms with Gasteiger partial charge in [0.2, 0.25) is 5.82 Å². The Morgan fingerprint density at radius 1 is 1.53 bits per heavy atom. The molecule has 2 rings (SSSR count). The Kier molecular flexibility index (Phi) is 3.78. The molecule has 1 saturated carbocycles. The number of hydrogen-bond acceptors (Lipinski definition) is 3. The van der Waals surface area contributed by atoms with Crippen molar-refractivity contribution in [1.29, 1.82) is 0 Å². The van der Waals surface area contributed by atoms with Crippen molar-refractivity contribution in [2.45, 2.75) is 32.2 Å². The van der Waals surface area contributed by atoms with Crippen LogP contribution in [0.25, 0.3) is 0 Å². The number of nitrogens with one attached hydrogen (secondary N) is 1. The van der Waals surface area contributed by atoms with E-state index in [9.17, 15) is 19.3 Å². The Morgan fingerprint density at radius 2 is 2.21 bits per heavy atom. The van der Waals surface area contributed by atoms with Crippen LogP contribution in [0.3, 0.4) is 0 Å². The molecule has 0 aliphatic heterocycles. The first kappa shape index (κ1) is 13.5. The zero-order valence-corrected chi connectivity index (χ0v) is 10.6. The van der Waals surface area contributed by atoms with Gasteiger partial charge in [0.1, 0.15) is 0 Å². The van der Waals surface area contributed by atoms with Gasteiger partial charge in [0.15, 0.2) is 0 Å². The van der Waals surface area contributed by atoms with Crippen LogP contribution in [0, 0.1) is 21.8 Å². The third-order valence-electron chi connectivity index (χ3n) is 3.62. The number of carbonyl (C=O) groups excluding carboxylic acids is 1. The second-order valence-corrected chi connectivity index (χ2v) is 4.88. The summed E-state index contributed by atoms with van der Waals surface area (Å²) < 4.78 is 13.4. The minimum Gasteiger partial charge on any atom is -0.349 e. The van der Waals surface area contributed by atoms with Crippen molar-refractivity contribution in [2.24, 2.45) is 5.92 Å². The normalized spacial score (nSPS) is 16.5. The molecule has 1 N–H and O–H groups in total. The Bertz CT molecular complexity index is 515. The lowest BCUT2D eigenvalue weighted by atomic mass is 9.80. The molecule has 0 saturated heterocycles. The van der Waals surface area contributed by atoms with Crippen molar-refractivity contribution in [3.8, 4) is 0 Å². The highest BCUT2D eigenvalue weighted by atomic mass is 19.1. The number of hydrogen-bond donors (Lipinski definition) is 1. The van der Waals surface area contributed by atoms with Gasteiger partial charge in [-0.25, -0.2) is 0 Å². The molecular weight excluding hydrogens is 251 g/mol. The lowest BCUT2D eigenvalue weighted by molar-refractivity contribution is -0.387. The highest BCUT2D eigenvalue weighted by Gasteiger charge is 2.25. The molecule has 1 aliphatic carbocycles. The molecule has 102 valence electrons. The van der Waals surface area contributed by atoms with Gasteiger partial charge in [0, 0.05) is 17.7 Å². The first-order valence-corrected chi connectivity index (χ1v) is 6.24. The topological polar surface area (TPSA) is 72.2 Å². The minimum atomic E-state index is -0.992. The summed E-state index contributed by atoms with van der Waals surface area (Å²) >= 11 is 0. The maximum absolute atomic E-state index is 13.4. The summed E-state index contributed by atoms with van der Waals surface area (Å²) in [6.07, 6.45) is 3.36. The second-order valence-electron chi connectivity index (χ2n) is 4.88. The smallest absolute Gasteiger partial charge is 0.304 e. The predicted molar refractivity (Wildman–Crippen MR) is 67.3 cm³/mol. The van der Waals surface area contributed by atoms with Crippen LogP contribution in [0.5, 0.6) is 0 Å². The van der Waals surface area contributed by atoms with Crippen LogP contribution in [0.1, 0.15) is 36.5 Å². The van der Waals surface area contributed by atoms with Crippen molar-refractivity contribution >= 4 is 11.6 Å². The Hall–Kier alpha value is -1.98. The fourth-order valence-corrected chi connectivity index (χ4v) is 2.14. The molecule has 0 spiro atoms. The monoisotopic (exact) mass is 266 g/mol. The van der Waals surface area contributed by atoms with Crippen LogP contribution in [-0.2, 0) is 0 Å². The minimum absolute atomic E-state index is 0.0412. The van der Waals surface area contributed by atoms with Gasteiger partial charge in [-0.2, -0.15) is 4.39 Å². The second kappa shape index (κ2) is 5.34. The molecule has 1 unspecified atom stereocenters. The van der Waals surface area contributed by atoms with Crippen LogP contribution < -0.4 is 5.32 Å². The number of nitro benzene ring substituents is 1. The fourth-order valence-electron chi connectivity index (χ4n) is 2.14. The summed E-state index contributed by atoms with van der Waals surface area (Å²) in [7, 11) is 0. The summed E-state index contributed by atoms with van der Waals surface area (Å²) in [6, 6.07) is 3.22. The van der Waals surface area contributed by atoms with E-state index in [2.05, 4.69) is 5.32 Å². The molecule has 1 fully saturated rings. The van der Waals surface area contributed by atoms with E-state index in [-0.39, 0.29) is 11.6 Å². The third kappa shape index (κ3) is 2.89. The fraction of sp³-hybridized carbons (Fsp3) is 0.462. The average molecular weight is 266 g/mol. The summed E-state index contributed by atoms with van der Waals surface area (Å²) in [5, 5.41) is 13.3. The number of nitrogens with zero attached hydrogens (tertiary/aromatic N) is 1.